The largest absolute Gasteiger partial charge is 0.459 e. The molecule has 0 saturated carbocycles. The minimum atomic E-state index is -1.97. The van der Waals surface area contributed by atoms with Crippen LogP contribution in [0.2, 0.25) is 0 Å². The molecule has 0 aromatic rings. The van der Waals surface area contributed by atoms with Gasteiger partial charge in [0.1, 0.15) is 23.9 Å². The van der Waals surface area contributed by atoms with Crippen LogP contribution >= 0.6 is 0 Å². The van der Waals surface area contributed by atoms with Gasteiger partial charge in [-0.1, -0.05) is 32.9 Å². The van der Waals surface area contributed by atoms with Crippen molar-refractivity contribution in [2.45, 2.75) is 179 Å². The molecular formula is C41H76N2O15. The molecule has 3 saturated heterocycles. The second-order valence-electron chi connectivity index (χ2n) is 17.7. The molecule has 17 nitrogen and oxygen atoms in total. The van der Waals surface area contributed by atoms with Gasteiger partial charge in [-0.05, 0) is 74.9 Å². The van der Waals surface area contributed by atoms with Crippen LogP contribution in [0.4, 0.5) is 0 Å². The third-order valence-corrected chi connectivity index (χ3v) is 12.6. The number of cyclic esters (lactones) is 1. The molecule has 3 unspecified atom stereocenters. The number of hydrogen-bond donors (Lipinski definition) is 5. The summed E-state index contributed by atoms with van der Waals surface area (Å²) in [7, 11) is 6.76. The Morgan fingerprint density at radius 1 is 0.897 bits per heavy atom. The van der Waals surface area contributed by atoms with E-state index in [4.69, 9.17) is 42.7 Å². The van der Waals surface area contributed by atoms with Gasteiger partial charge in [-0.2, -0.15) is 0 Å². The minimum Gasteiger partial charge on any atom is -0.459 e. The van der Waals surface area contributed by atoms with Crippen LogP contribution in [0.25, 0.3) is 0 Å². The quantitative estimate of drug-likeness (QED) is 0.0778. The van der Waals surface area contributed by atoms with Crippen molar-refractivity contribution >= 4 is 11.7 Å². The molecular weight excluding hydrogens is 760 g/mol. The molecule has 0 aromatic carbocycles. The predicted octanol–water partition coefficient (Wildman–Crippen LogP) is 2.21. The van der Waals surface area contributed by atoms with E-state index in [1.54, 1.807) is 55.6 Å². The molecule has 3 heterocycles. The van der Waals surface area contributed by atoms with E-state index in [0.29, 0.717) is 18.7 Å². The number of aliphatic hydroxyl groups excluding tert-OH is 3. The lowest BCUT2D eigenvalue weighted by Crippen LogP contribution is -2.61. The summed E-state index contributed by atoms with van der Waals surface area (Å²) >= 11 is 0. The van der Waals surface area contributed by atoms with Gasteiger partial charge in [-0.25, -0.2) is 0 Å². The van der Waals surface area contributed by atoms with E-state index >= 15 is 0 Å². The summed E-state index contributed by atoms with van der Waals surface area (Å²) in [5.41, 5.74) is -4.49. The van der Waals surface area contributed by atoms with Crippen molar-refractivity contribution in [3.8, 4) is 0 Å². The first-order valence-corrected chi connectivity index (χ1v) is 20.8. The van der Waals surface area contributed by atoms with E-state index in [-0.39, 0.29) is 44.8 Å². The number of esters is 1. The van der Waals surface area contributed by atoms with Crippen LogP contribution in [0.3, 0.4) is 0 Å². The predicted molar refractivity (Wildman–Crippen MR) is 212 cm³/mol. The molecule has 0 amide bonds. The molecule has 340 valence electrons. The van der Waals surface area contributed by atoms with Gasteiger partial charge in [0.25, 0.3) is 0 Å². The van der Waals surface area contributed by atoms with Crippen LogP contribution in [0.1, 0.15) is 94.9 Å². The maximum absolute atomic E-state index is 14.3. The number of aliphatic hydroxyl groups is 5. The molecule has 3 aliphatic heterocycles. The number of ether oxygens (including phenoxy) is 8. The molecule has 58 heavy (non-hydrogen) atoms. The first-order valence-electron chi connectivity index (χ1n) is 20.8. The smallest absolute Gasteiger partial charge is 0.311 e. The number of oxime groups is 1. The van der Waals surface area contributed by atoms with Crippen molar-refractivity contribution in [2.75, 3.05) is 48.3 Å². The maximum Gasteiger partial charge on any atom is 0.311 e. The van der Waals surface area contributed by atoms with E-state index in [1.807, 2.05) is 32.8 Å². The summed E-state index contributed by atoms with van der Waals surface area (Å²) in [5.74, 6) is -4.14. The van der Waals surface area contributed by atoms with Gasteiger partial charge in [-0.15, -0.1) is 0 Å². The highest BCUT2D eigenvalue weighted by Gasteiger charge is 2.53. The lowest BCUT2D eigenvalue weighted by molar-refractivity contribution is -0.317. The van der Waals surface area contributed by atoms with Crippen LogP contribution < -0.4 is 0 Å². The number of methoxy groups -OCH3 is 2. The lowest BCUT2D eigenvalue weighted by atomic mass is 9.73. The molecule has 0 bridgehead atoms. The molecule has 18 atom stereocenters. The van der Waals surface area contributed by atoms with Gasteiger partial charge in [0, 0.05) is 44.4 Å². The molecule has 0 aromatic heterocycles. The van der Waals surface area contributed by atoms with Crippen LogP contribution in [-0.2, 0) is 47.5 Å². The number of likely N-dealkylation sites (N-methyl/N-ethyl adjacent to an activating group) is 1. The van der Waals surface area contributed by atoms with Crippen LogP contribution in [0, 0.1) is 23.7 Å². The summed E-state index contributed by atoms with van der Waals surface area (Å²) in [4.78, 5) is 21.8. The highest BCUT2D eigenvalue weighted by molar-refractivity contribution is 5.88. The summed E-state index contributed by atoms with van der Waals surface area (Å²) in [6.45, 7) is 17.3. The zero-order valence-electron chi connectivity index (χ0n) is 37.3. The van der Waals surface area contributed by atoms with Crippen LogP contribution in [0.5, 0.6) is 0 Å². The van der Waals surface area contributed by atoms with Gasteiger partial charge in [0.2, 0.25) is 6.79 Å². The number of carbonyl (C=O) groups is 1. The fourth-order valence-electron chi connectivity index (χ4n) is 8.93. The normalized spacial score (nSPS) is 45.8. The molecule has 17 heteroatoms. The highest BCUT2D eigenvalue weighted by atomic mass is 16.7. The standard InChI is InChI=1S/C41H76N2O15/c1-15-29-41(10,49)34(45)24(4)31(42-53-21-52-17-16-50-13)22(2)19-39(8,48)36(58-38-32(44)28(43(11)12)18-23(3)54-38)25(5)33(26(6)37(47)56-29)57-30-20-40(9,51-14)35(46)27(7)55-30/h22-30,32-36,38,44-46,48-49H,15-21H2,1-14H3/b42-31+/t22-,23-,24+,25?,26-,27+,28+,29-,30?,32-,33+,34-,35+,36-,38?,39-,40-,41-/m1/s1. The van der Waals surface area contributed by atoms with Gasteiger partial charge < -0.3 is 73.2 Å². The summed E-state index contributed by atoms with van der Waals surface area (Å²) in [6, 6.07) is -0.328. The van der Waals surface area contributed by atoms with Crippen molar-refractivity contribution in [2.24, 2.45) is 28.8 Å². The number of nitrogens with zero attached hydrogens (tertiary/aromatic N) is 2. The zero-order valence-corrected chi connectivity index (χ0v) is 37.3. The van der Waals surface area contributed by atoms with E-state index < -0.39 is 102 Å². The molecule has 3 rings (SSSR count). The summed E-state index contributed by atoms with van der Waals surface area (Å²) in [5, 5.41) is 63.6. The highest BCUT2D eigenvalue weighted by Crippen LogP contribution is 2.41. The van der Waals surface area contributed by atoms with Crippen molar-refractivity contribution in [3.63, 3.8) is 0 Å². The average Bonchev–Trinajstić information content (AvgIpc) is 3.15. The number of hydrogen-bond acceptors (Lipinski definition) is 17. The Morgan fingerprint density at radius 2 is 1.55 bits per heavy atom. The van der Waals surface area contributed by atoms with Gasteiger partial charge in [-0.3, -0.25) is 4.79 Å². The maximum atomic E-state index is 14.3. The van der Waals surface area contributed by atoms with Crippen molar-refractivity contribution in [1.82, 2.24) is 4.90 Å². The third kappa shape index (κ3) is 12.1. The fourth-order valence-corrected chi connectivity index (χ4v) is 8.93. The molecule has 5 N–H and O–H groups in total. The molecule has 0 spiro atoms. The monoisotopic (exact) mass is 837 g/mol. The molecule has 0 radical (unpaired) electrons. The van der Waals surface area contributed by atoms with Crippen molar-refractivity contribution < 1.29 is 73.1 Å². The van der Waals surface area contributed by atoms with E-state index in [1.165, 1.54) is 14.0 Å². The van der Waals surface area contributed by atoms with E-state index in [0.717, 1.165) is 0 Å². The van der Waals surface area contributed by atoms with Crippen LogP contribution in [0.15, 0.2) is 5.16 Å². The summed E-state index contributed by atoms with van der Waals surface area (Å²) < 4.78 is 48.1. The molecule has 3 aliphatic rings. The van der Waals surface area contributed by atoms with Gasteiger partial charge in [0.05, 0.1) is 66.6 Å². The molecule has 0 aliphatic carbocycles. The lowest BCUT2D eigenvalue weighted by Gasteiger charge is -2.49. The Balaban J connectivity index is 2.22. The topological polar surface area (TPSA) is 217 Å². The van der Waals surface area contributed by atoms with Crippen molar-refractivity contribution in [3.05, 3.63) is 0 Å². The van der Waals surface area contributed by atoms with E-state index in [9.17, 15) is 30.3 Å². The number of rotatable bonds is 13. The Kier molecular flexibility index (Phi) is 18.8. The Hall–Kier alpha value is -1.58. The van der Waals surface area contributed by atoms with Gasteiger partial charge >= 0.3 is 5.97 Å². The Morgan fingerprint density at radius 3 is 2.14 bits per heavy atom. The second-order valence-corrected chi connectivity index (χ2v) is 17.7. The third-order valence-electron chi connectivity index (χ3n) is 12.6. The summed E-state index contributed by atoms with van der Waals surface area (Å²) in [6.07, 6.45) is -9.49. The fraction of sp³-hybridized carbons (Fsp3) is 0.951. The van der Waals surface area contributed by atoms with Crippen molar-refractivity contribution in [1.29, 1.82) is 0 Å². The SMILES string of the molecule is CC[C@H]1OC(=O)[C@H](C)[C@@H](OC2C[C@@](C)(OC)[C@@H](O)[C@H](C)O2)C(C)[C@@H](OC2O[C@H](C)C[C@H](N(C)C)[C@H]2O)[C@](C)(O)C[C@@H](C)/C(=N\OCOCCOC)[C@H](C)[C@@H](O)[C@]1(C)O. The Bertz CT molecular complexity index is 1300. The zero-order chi connectivity index (χ0) is 43.9. The minimum absolute atomic E-state index is 0.0307. The average molecular weight is 837 g/mol. The number of carbonyl (C=O) groups excluding carboxylic acids is 1. The first-order chi connectivity index (χ1) is 27.0. The van der Waals surface area contributed by atoms with Gasteiger partial charge in [0.15, 0.2) is 12.6 Å². The second kappa shape index (κ2) is 21.5. The molecule has 3 fully saturated rings. The Labute approximate surface area is 345 Å². The van der Waals surface area contributed by atoms with E-state index in [2.05, 4.69) is 5.16 Å². The van der Waals surface area contributed by atoms with Crippen LogP contribution in [-0.4, -0.2) is 175 Å². The first kappa shape index (κ1) is 50.8.